The van der Waals surface area contributed by atoms with Crippen molar-refractivity contribution in [3.63, 3.8) is 0 Å². The van der Waals surface area contributed by atoms with Crippen LogP contribution in [0.2, 0.25) is 5.15 Å². The molecule has 1 atom stereocenters. The van der Waals surface area contributed by atoms with Gasteiger partial charge in [-0.05, 0) is 48.4 Å². The molecule has 0 saturated carbocycles. The Morgan fingerprint density at radius 1 is 1.63 bits per heavy atom. The summed E-state index contributed by atoms with van der Waals surface area (Å²) in [5.74, 6) is 0. The quantitative estimate of drug-likeness (QED) is 0.824. The third-order valence-corrected chi connectivity index (χ3v) is 5.53. The zero-order valence-corrected chi connectivity index (χ0v) is 13.6. The second-order valence-electron chi connectivity index (χ2n) is 4.57. The summed E-state index contributed by atoms with van der Waals surface area (Å²) >= 11 is 9.04. The average molecular weight is 369 g/mol. The molecular weight excluding hydrogens is 354 g/mol. The van der Waals surface area contributed by atoms with Crippen molar-refractivity contribution in [2.24, 2.45) is 0 Å². The predicted octanol–water partition coefficient (Wildman–Crippen LogP) is 1.87. The molecule has 1 aromatic heterocycles. The van der Waals surface area contributed by atoms with Crippen molar-refractivity contribution in [1.82, 2.24) is 14.6 Å². The van der Waals surface area contributed by atoms with Crippen LogP contribution < -0.4 is 4.72 Å². The SMILES string of the molecule is CN1CCCC1CNS(=O)(=O)c1cc(Br)cnc1Cl. The van der Waals surface area contributed by atoms with Crippen LogP contribution in [0.5, 0.6) is 0 Å². The van der Waals surface area contributed by atoms with Crippen LogP contribution in [-0.2, 0) is 10.0 Å². The van der Waals surface area contributed by atoms with E-state index < -0.39 is 10.0 Å². The van der Waals surface area contributed by atoms with E-state index in [0.29, 0.717) is 11.0 Å². The molecule has 0 spiro atoms. The van der Waals surface area contributed by atoms with E-state index in [1.54, 1.807) is 0 Å². The van der Waals surface area contributed by atoms with E-state index >= 15 is 0 Å². The fraction of sp³-hybridized carbons (Fsp3) is 0.545. The van der Waals surface area contributed by atoms with Gasteiger partial charge in [0.1, 0.15) is 10.0 Å². The molecule has 19 heavy (non-hydrogen) atoms. The van der Waals surface area contributed by atoms with Gasteiger partial charge in [-0.15, -0.1) is 0 Å². The van der Waals surface area contributed by atoms with E-state index in [1.165, 1.54) is 12.3 Å². The number of nitrogens with zero attached hydrogens (tertiary/aromatic N) is 2. The van der Waals surface area contributed by atoms with Crippen LogP contribution in [0.4, 0.5) is 0 Å². The molecule has 2 heterocycles. The minimum atomic E-state index is -3.63. The van der Waals surface area contributed by atoms with Gasteiger partial charge in [0.15, 0.2) is 0 Å². The number of hydrogen-bond acceptors (Lipinski definition) is 4. The molecule has 1 unspecified atom stereocenters. The Balaban J connectivity index is 2.12. The molecule has 1 saturated heterocycles. The van der Waals surface area contributed by atoms with Crippen LogP contribution in [0.15, 0.2) is 21.6 Å². The van der Waals surface area contributed by atoms with Crippen molar-refractivity contribution < 1.29 is 8.42 Å². The summed E-state index contributed by atoms with van der Waals surface area (Å²) in [4.78, 5) is 5.99. The van der Waals surface area contributed by atoms with E-state index in [1.807, 2.05) is 7.05 Å². The van der Waals surface area contributed by atoms with Gasteiger partial charge in [0, 0.05) is 23.3 Å². The molecule has 5 nitrogen and oxygen atoms in total. The first kappa shape index (κ1) is 15.2. The molecule has 106 valence electrons. The summed E-state index contributed by atoms with van der Waals surface area (Å²) in [5.41, 5.74) is 0. The summed E-state index contributed by atoms with van der Waals surface area (Å²) in [7, 11) is -1.63. The zero-order chi connectivity index (χ0) is 14.0. The molecular formula is C11H15BrClN3O2S. The Morgan fingerprint density at radius 2 is 2.37 bits per heavy atom. The van der Waals surface area contributed by atoms with Gasteiger partial charge in [-0.3, -0.25) is 0 Å². The van der Waals surface area contributed by atoms with Gasteiger partial charge in [0.2, 0.25) is 10.0 Å². The normalized spacial score (nSPS) is 20.9. The topological polar surface area (TPSA) is 62.3 Å². The molecule has 1 aliphatic rings. The molecule has 8 heteroatoms. The first-order valence-corrected chi connectivity index (χ1v) is 8.56. The van der Waals surface area contributed by atoms with Crippen molar-refractivity contribution in [3.8, 4) is 0 Å². The first-order chi connectivity index (χ1) is 8.90. The minimum absolute atomic E-state index is 0.00388. The van der Waals surface area contributed by atoms with Crippen LogP contribution >= 0.6 is 27.5 Å². The number of pyridine rings is 1. The van der Waals surface area contributed by atoms with Crippen LogP contribution in [0, 0.1) is 0 Å². The van der Waals surface area contributed by atoms with Crippen LogP contribution in [-0.4, -0.2) is 44.5 Å². The summed E-state index contributed by atoms with van der Waals surface area (Å²) in [6, 6.07) is 1.70. The third-order valence-electron chi connectivity index (χ3n) is 3.24. The summed E-state index contributed by atoms with van der Waals surface area (Å²) in [6.07, 6.45) is 3.57. The van der Waals surface area contributed by atoms with E-state index in [-0.39, 0.29) is 16.1 Å². The highest BCUT2D eigenvalue weighted by Gasteiger charge is 2.25. The Morgan fingerprint density at radius 3 is 3.00 bits per heavy atom. The average Bonchev–Trinajstić information content (AvgIpc) is 2.75. The van der Waals surface area contributed by atoms with Crippen LogP contribution in [0.3, 0.4) is 0 Å². The number of sulfonamides is 1. The molecule has 1 fully saturated rings. The van der Waals surface area contributed by atoms with Gasteiger partial charge in [-0.2, -0.15) is 0 Å². The number of rotatable bonds is 4. The molecule has 2 rings (SSSR count). The maximum absolute atomic E-state index is 12.2. The van der Waals surface area contributed by atoms with Gasteiger partial charge < -0.3 is 4.90 Å². The first-order valence-electron chi connectivity index (χ1n) is 5.91. The van der Waals surface area contributed by atoms with Gasteiger partial charge in [-0.1, -0.05) is 11.6 Å². The zero-order valence-electron chi connectivity index (χ0n) is 10.4. The Labute approximate surface area is 126 Å². The molecule has 1 aromatic rings. The summed E-state index contributed by atoms with van der Waals surface area (Å²) < 4.78 is 27.6. The molecule has 1 N–H and O–H groups in total. The second kappa shape index (κ2) is 6.05. The van der Waals surface area contributed by atoms with E-state index in [9.17, 15) is 8.42 Å². The highest BCUT2D eigenvalue weighted by Crippen LogP contribution is 2.23. The Bertz CT molecular complexity index is 567. The molecule has 0 aromatic carbocycles. The predicted molar refractivity (Wildman–Crippen MR) is 77.8 cm³/mol. The van der Waals surface area contributed by atoms with Gasteiger partial charge >= 0.3 is 0 Å². The van der Waals surface area contributed by atoms with Gasteiger partial charge in [-0.25, -0.2) is 18.1 Å². The van der Waals surface area contributed by atoms with E-state index in [4.69, 9.17) is 11.6 Å². The summed E-state index contributed by atoms with van der Waals surface area (Å²) in [5, 5.41) is -0.0181. The fourth-order valence-electron chi connectivity index (χ4n) is 2.11. The fourth-order valence-corrected chi connectivity index (χ4v) is 4.13. The van der Waals surface area contributed by atoms with Gasteiger partial charge in [0.05, 0.1) is 0 Å². The molecule has 0 aliphatic carbocycles. The molecule has 0 radical (unpaired) electrons. The lowest BCUT2D eigenvalue weighted by Crippen LogP contribution is -2.38. The van der Waals surface area contributed by atoms with E-state index in [0.717, 1.165) is 19.4 Å². The highest BCUT2D eigenvalue weighted by atomic mass is 79.9. The number of hydrogen-bond donors (Lipinski definition) is 1. The standard InChI is InChI=1S/C11H15BrClN3O2S/c1-16-4-2-3-9(16)7-15-19(17,18)10-5-8(12)6-14-11(10)13/h5-6,9,15H,2-4,7H2,1H3. The number of nitrogens with one attached hydrogen (secondary N) is 1. The number of halogens is 2. The highest BCUT2D eigenvalue weighted by molar-refractivity contribution is 9.10. The maximum Gasteiger partial charge on any atom is 0.243 e. The minimum Gasteiger partial charge on any atom is -0.302 e. The van der Waals surface area contributed by atoms with Crippen molar-refractivity contribution in [2.75, 3.05) is 20.1 Å². The second-order valence-corrected chi connectivity index (χ2v) is 7.58. The molecule has 0 bridgehead atoms. The molecule has 1 aliphatic heterocycles. The lowest BCUT2D eigenvalue weighted by molar-refractivity contribution is 0.311. The number of aromatic nitrogens is 1. The third kappa shape index (κ3) is 3.66. The molecule has 0 amide bonds. The maximum atomic E-state index is 12.2. The monoisotopic (exact) mass is 367 g/mol. The van der Waals surface area contributed by atoms with Crippen molar-refractivity contribution in [2.45, 2.75) is 23.8 Å². The smallest absolute Gasteiger partial charge is 0.243 e. The van der Waals surface area contributed by atoms with E-state index in [2.05, 4.69) is 30.5 Å². The Kier molecular flexibility index (Phi) is 4.84. The summed E-state index contributed by atoms with van der Waals surface area (Å²) in [6.45, 7) is 1.40. The number of likely N-dealkylation sites (N-methyl/N-ethyl adjacent to an activating group) is 1. The van der Waals surface area contributed by atoms with Gasteiger partial charge in [0.25, 0.3) is 0 Å². The lowest BCUT2D eigenvalue weighted by Gasteiger charge is -2.19. The van der Waals surface area contributed by atoms with Crippen LogP contribution in [0.1, 0.15) is 12.8 Å². The van der Waals surface area contributed by atoms with Crippen LogP contribution in [0.25, 0.3) is 0 Å². The number of likely N-dealkylation sites (tertiary alicyclic amines) is 1. The van der Waals surface area contributed by atoms with Crippen molar-refractivity contribution in [1.29, 1.82) is 0 Å². The lowest BCUT2D eigenvalue weighted by atomic mass is 10.2. The largest absolute Gasteiger partial charge is 0.302 e. The van der Waals surface area contributed by atoms with Crippen molar-refractivity contribution in [3.05, 3.63) is 21.9 Å². The Hall–Kier alpha value is -0.210. The van der Waals surface area contributed by atoms with Crippen molar-refractivity contribution >= 4 is 37.6 Å².